The van der Waals surface area contributed by atoms with Crippen LogP contribution in [0.15, 0.2) is 4.79 Å². The van der Waals surface area contributed by atoms with Crippen LogP contribution in [0.1, 0.15) is 25.6 Å². The zero-order chi connectivity index (χ0) is 16.6. The number of hydrogen-bond donors (Lipinski definition) is 1. The van der Waals surface area contributed by atoms with E-state index >= 15 is 0 Å². The molecule has 1 fully saturated rings. The molecule has 0 aromatic carbocycles. The second-order valence-corrected chi connectivity index (χ2v) is 5.81. The summed E-state index contributed by atoms with van der Waals surface area (Å²) in [7, 11) is 3.53. The molecule has 2 aromatic heterocycles. The highest BCUT2D eigenvalue weighted by Crippen LogP contribution is 2.23. The predicted molar refractivity (Wildman–Crippen MR) is 87.5 cm³/mol. The summed E-state index contributed by atoms with van der Waals surface area (Å²) in [6, 6.07) is 2.37. The molecule has 0 amide bonds. The number of nitrogens with zero attached hydrogens (tertiary/aromatic N) is 6. The number of nitriles is 1. The quantitative estimate of drug-likeness (QED) is 0.870. The minimum absolute atomic E-state index is 0.0848. The maximum Gasteiger partial charge on any atom is 0.280 e. The molecule has 0 spiro atoms. The van der Waals surface area contributed by atoms with Gasteiger partial charge in [-0.3, -0.25) is 9.36 Å². The minimum atomic E-state index is -0.227. The third-order valence-corrected chi connectivity index (χ3v) is 4.49. The number of fused-ring (bicyclic) bond motifs is 1. The van der Waals surface area contributed by atoms with Gasteiger partial charge >= 0.3 is 0 Å². The van der Waals surface area contributed by atoms with Gasteiger partial charge in [0.2, 0.25) is 11.8 Å². The molecule has 1 atom stereocenters. The first kappa shape index (κ1) is 15.5. The van der Waals surface area contributed by atoms with Crippen LogP contribution in [0.25, 0.3) is 11.2 Å². The average molecular weight is 315 g/mol. The Labute approximate surface area is 134 Å². The first-order valence-electron chi connectivity index (χ1n) is 7.90. The van der Waals surface area contributed by atoms with Crippen molar-refractivity contribution in [2.24, 2.45) is 7.05 Å². The number of piperidine rings is 1. The SMILES string of the molecule is CCn1c(N2CCCC(NC)C2)nc2nc(C#N)n(C)c(=O)c21. The summed E-state index contributed by atoms with van der Waals surface area (Å²) in [5, 5.41) is 12.4. The fourth-order valence-corrected chi connectivity index (χ4v) is 3.18. The van der Waals surface area contributed by atoms with Crippen LogP contribution in [0.2, 0.25) is 0 Å². The monoisotopic (exact) mass is 315 g/mol. The van der Waals surface area contributed by atoms with Gasteiger partial charge in [0.05, 0.1) is 0 Å². The lowest BCUT2D eigenvalue weighted by Gasteiger charge is -2.33. The summed E-state index contributed by atoms with van der Waals surface area (Å²) >= 11 is 0. The third-order valence-electron chi connectivity index (χ3n) is 4.49. The lowest BCUT2D eigenvalue weighted by atomic mass is 10.1. The smallest absolute Gasteiger partial charge is 0.280 e. The highest BCUT2D eigenvalue weighted by Gasteiger charge is 2.25. The maximum atomic E-state index is 12.6. The van der Waals surface area contributed by atoms with E-state index in [0.717, 1.165) is 31.9 Å². The van der Waals surface area contributed by atoms with E-state index in [4.69, 9.17) is 5.26 Å². The highest BCUT2D eigenvalue weighted by atomic mass is 16.1. The minimum Gasteiger partial charge on any atom is -0.341 e. The number of anilines is 1. The van der Waals surface area contributed by atoms with Gasteiger partial charge in [0.15, 0.2) is 11.2 Å². The number of likely N-dealkylation sites (N-methyl/N-ethyl adjacent to an activating group) is 1. The van der Waals surface area contributed by atoms with Crippen molar-refractivity contribution in [2.45, 2.75) is 32.4 Å². The van der Waals surface area contributed by atoms with Crippen LogP contribution >= 0.6 is 0 Å². The van der Waals surface area contributed by atoms with Crippen molar-refractivity contribution < 1.29 is 0 Å². The van der Waals surface area contributed by atoms with Gasteiger partial charge in [-0.25, -0.2) is 0 Å². The molecule has 1 aliphatic heterocycles. The van der Waals surface area contributed by atoms with Gasteiger partial charge in [-0.15, -0.1) is 0 Å². The number of aromatic nitrogens is 4. The van der Waals surface area contributed by atoms with Crippen molar-refractivity contribution in [3.8, 4) is 6.07 Å². The van der Waals surface area contributed by atoms with E-state index < -0.39 is 0 Å². The van der Waals surface area contributed by atoms with Crippen LogP contribution in [0.5, 0.6) is 0 Å². The van der Waals surface area contributed by atoms with Crippen molar-refractivity contribution in [2.75, 3.05) is 25.0 Å². The van der Waals surface area contributed by atoms with Crippen LogP contribution < -0.4 is 15.8 Å². The van der Waals surface area contributed by atoms with E-state index in [0.29, 0.717) is 23.8 Å². The van der Waals surface area contributed by atoms with Crippen LogP contribution in [0.3, 0.4) is 0 Å². The van der Waals surface area contributed by atoms with E-state index in [-0.39, 0.29) is 11.4 Å². The molecular formula is C15H21N7O. The van der Waals surface area contributed by atoms with Gasteiger partial charge in [0, 0.05) is 32.7 Å². The van der Waals surface area contributed by atoms with Gasteiger partial charge in [-0.1, -0.05) is 0 Å². The van der Waals surface area contributed by atoms with Gasteiger partial charge < -0.3 is 14.8 Å². The van der Waals surface area contributed by atoms with Crippen molar-refractivity contribution in [3.63, 3.8) is 0 Å². The van der Waals surface area contributed by atoms with Crippen molar-refractivity contribution in [1.82, 2.24) is 24.4 Å². The molecule has 122 valence electrons. The molecule has 1 N–H and O–H groups in total. The molecule has 0 radical (unpaired) electrons. The molecular weight excluding hydrogens is 294 g/mol. The van der Waals surface area contributed by atoms with Crippen LogP contribution in [0, 0.1) is 11.3 Å². The molecule has 8 heteroatoms. The zero-order valence-electron chi connectivity index (χ0n) is 13.7. The second kappa shape index (κ2) is 6.01. The van der Waals surface area contributed by atoms with Gasteiger partial charge in [0.1, 0.15) is 6.07 Å². The van der Waals surface area contributed by atoms with Crippen molar-refractivity contribution in [3.05, 3.63) is 16.2 Å². The lowest BCUT2D eigenvalue weighted by Crippen LogP contribution is -2.45. The van der Waals surface area contributed by atoms with Gasteiger partial charge in [0.25, 0.3) is 5.56 Å². The number of aryl methyl sites for hydroxylation is 1. The molecule has 23 heavy (non-hydrogen) atoms. The summed E-state index contributed by atoms with van der Waals surface area (Å²) in [5.74, 6) is 0.851. The Kier molecular flexibility index (Phi) is 4.05. The molecule has 0 saturated carbocycles. The van der Waals surface area contributed by atoms with Crippen LogP contribution in [-0.2, 0) is 13.6 Å². The first-order valence-corrected chi connectivity index (χ1v) is 7.90. The highest BCUT2D eigenvalue weighted by molar-refractivity contribution is 5.74. The van der Waals surface area contributed by atoms with E-state index in [2.05, 4.69) is 20.2 Å². The Morgan fingerprint density at radius 2 is 2.22 bits per heavy atom. The lowest BCUT2D eigenvalue weighted by molar-refractivity contribution is 0.442. The fourth-order valence-electron chi connectivity index (χ4n) is 3.18. The third kappa shape index (κ3) is 2.47. The van der Waals surface area contributed by atoms with Crippen LogP contribution in [-0.4, -0.2) is 45.3 Å². The standard InChI is InChI=1S/C15H21N7O/c1-4-22-12-13(18-11(8-16)20(3)14(12)23)19-15(22)21-7-5-6-10(9-21)17-2/h10,17H,4-7,9H2,1-3H3. The van der Waals surface area contributed by atoms with E-state index in [1.165, 1.54) is 4.57 Å². The van der Waals surface area contributed by atoms with Crippen molar-refractivity contribution in [1.29, 1.82) is 5.26 Å². The molecule has 1 saturated heterocycles. The average Bonchev–Trinajstić information content (AvgIpc) is 2.96. The number of rotatable bonds is 3. The zero-order valence-corrected chi connectivity index (χ0v) is 13.7. The maximum absolute atomic E-state index is 12.6. The topological polar surface area (TPSA) is 91.8 Å². The van der Waals surface area contributed by atoms with Gasteiger partial charge in [-0.05, 0) is 26.8 Å². The Morgan fingerprint density at radius 1 is 1.43 bits per heavy atom. The summed E-state index contributed by atoms with van der Waals surface area (Å²) in [6.45, 7) is 4.38. The number of nitrogens with one attached hydrogen (secondary N) is 1. The number of hydrogen-bond acceptors (Lipinski definition) is 6. The molecule has 3 heterocycles. The molecule has 0 aliphatic carbocycles. The molecule has 1 aliphatic rings. The van der Waals surface area contributed by atoms with Crippen LogP contribution in [0.4, 0.5) is 5.95 Å². The van der Waals surface area contributed by atoms with Gasteiger partial charge in [-0.2, -0.15) is 15.2 Å². The summed E-state index contributed by atoms with van der Waals surface area (Å²) in [5.41, 5.74) is 0.595. The summed E-state index contributed by atoms with van der Waals surface area (Å²) in [4.78, 5) is 23.6. The molecule has 0 bridgehead atoms. The largest absolute Gasteiger partial charge is 0.341 e. The normalized spacial score (nSPS) is 18.3. The Morgan fingerprint density at radius 3 is 2.87 bits per heavy atom. The van der Waals surface area contributed by atoms with Crippen molar-refractivity contribution >= 4 is 17.1 Å². The van der Waals surface area contributed by atoms with E-state index in [1.54, 1.807) is 7.05 Å². The fraction of sp³-hybridized carbons (Fsp3) is 0.600. The molecule has 8 nitrogen and oxygen atoms in total. The van der Waals surface area contributed by atoms with E-state index in [9.17, 15) is 4.79 Å². The molecule has 1 unspecified atom stereocenters. The Balaban J connectivity index is 2.17. The summed E-state index contributed by atoms with van der Waals surface area (Å²) in [6.07, 6.45) is 2.21. The van der Waals surface area contributed by atoms with E-state index in [1.807, 2.05) is 24.6 Å². The Hall–Kier alpha value is -2.40. The molecule has 3 rings (SSSR count). The number of imidazole rings is 1. The second-order valence-electron chi connectivity index (χ2n) is 5.81. The molecule has 2 aromatic rings. The summed E-state index contributed by atoms with van der Waals surface area (Å²) < 4.78 is 3.19. The predicted octanol–water partition coefficient (Wildman–Crippen LogP) is 0.210. The Bertz CT molecular complexity index is 829. The first-order chi connectivity index (χ1) is 11.1.